The normalized spacial score (nSPS) is 19.0. The van der Waals surface area contributed by atoms with E-state index in [1.807, 2.05) is 12.1 Å². The monoisotopic (exact) mass is 380 g/mol. The van der Waals surface area contributed by atoms with Crippen molar-refractivity contribution in [2.45, 2.75) is 32.0 Å². The third-order valence-electron chi connectivity index (χ3n) is 4.21. The number of hydrogen-bond acceptors (Lipinski definition) is 4. The Hall–Kier alpha value is -2.32. The van der Waals surface area contributed by atoms with Crippen LogP contribution in [-0.2, 0) is 41.2 Å². The first kappa shape index (κ1) is 19.0. The Morgan fingerprint density at radius 2 is 2.08 bits per heavy atom. The molecule has 3 N–H and O–H groups in total. The van der Waals surface area contributed by atoms with Gasteiger partial charge in [-0.3, -0.25) is 31.5 Å². The van der Waals surface area contributed by atoms with Crippen molar-refractivity contribution in [3.05, 3.63) is 41.9 Å². The van der Waals surface area contributed by atoms with Crippen molar-refractivity contribution >= 4 is 23.8 Å². The van der Waals surface area contributed by atoms with Crippen molar-refractivity contribution in [2.24, 2.45) is 0 Å². The predicted molar refractivity (Wildman–Crippen MR) is 83.2 cm³/mol. The Labute approximate surface area is 156 Å². The predicted octanol–water partition coefficient (Wildman–Crippen LogP) is 0.0359. The molecule has 0 aliphatic carbocycles. The fraction of sp³-hybridized carbons (Fsp3) is 0.312. The number of carbonyl (C=O) groups excluding carboxylic acids is 4. The van der Waals surface area contributed by atoms with Crippen LogP contribution in [0.1, 0.15) is 34.3 Å². The van der Waals surface area contributed by atoms with Crippen molar-refractivity contribution in [3.63, 3.8) is 0 Å². The third kappa shape index (κ3) is 3.86. The maximum atomic E-state index is 12.6. The van der Waals surface area contributed by atoms with Crippen LogP contribution in [0.4, 0.5) is 4.79 Å². The molecule has 2 aliphatic heterocycles. The van der Waals surface area contributed by atoms with Gasteiger partial charge in [-0.05, 0) is 23.6 Å². The largest absolute Gasteiger partial charge is 0.490 e. The molecule has 5 amide bonds. The number of benzene rings is 1. The molecule has 1 aromatic carbocycles. The van der Waals surface area contributed by atoms with E-state index >= 15 is 0 Å². The van der Waals surface area contributed by atoms with E-state index in [-0.39, 0.29) is 43.3 Å². The summed E-state index contributed by atoms with van der Waals surface area (Å²) in [5, 5.41) is 7.08. The number of carbonyl (C=O) groups is 4. The zero-order valence-electron chi connectivity index (χ0n) is 13.4. The molecule has 1 aromatic rings. The van der Waals surface area contributed by atoms with Crippen molar-refractivity contribution in [2.75, 3.05) is 0 Å². The maximum Gasteiger partial charge on any atom is 0.285 e. The molecular formula is C16H17N4O4V-. The van der Waals surface area contributed by atoms with Crippen LogP contribution in [0.5, 0.6) is 0 Å². The van der Waals surface area contributed by atoms with E-state index in [0.717, 1.165) is 11.1 Å². The van der Waals surface area contributed by atoms with Gasteiger partial charge in [0.05, 0.1) is 0 Å². The number of urea groups is 1. The Kier molecular flexibility index (Phi) is 5.87. The van der Waals surface area contributed by atoms with Crippen molar-refractivity contribution in [1.82, 2.24) is 20.9 Å². The number of fused-ring (bicyclic) bond motifs is 1. The molecule has 131 valence electrons. The van der Waals surface area contributed by atoms with Crippen LogP contribution in [0.15, 0.2) is 18.2 Å². The SMILES string of the molecule is [CH2-]NC(=O)NCc1ccc2c(c1)C(=O)N(C1CCC(=O)NC1=O)C2.[V]. The first-order chi connectivity index (χ1) is 11.5. The molecule has 3 rings (SSSR count). The van der Waals surface area contributed by atoms with Gasteiger partial charge >= 0.3 is 0 Å². The average molecular weight is 380 g/mol. The summed E-state index contributed by atoms with van der Waals surface area (Å²) >= 11 is 0. The summed E-state index contributed by atoms with van der Waals surface area (Å²) in [4.78, 5) is 48.5. The standard InChI is InChI=1S/C16H17N4O4.V/c1-17-16(24)18-7-9-2-3-10-8-20(15(23)11(10)6-9)12-4-5-13(21)19-14(12)22;/h2-3,6,12H,1,4-5,7-8H2,(H2,17,18,24)(H,19,21,22);/q-1;. The molecule has 1 unspecified atom stereocenters. The smallest absolute Gasteiger partial charge is 0.285 e. The quantitative estimate of drug-likeness (QED) is 0.508. The van der Waals surface area contributed by atoms with E-state index < -0.39 is 18.0 Å². The first-order valence-electron chi connectivity index (χ1n) is 7.57. The van der Waals surface area contributed by atoms with E-state index in [1.54, 1.807) is 6.07 Å². The van der Waals surface area contributed by atoms with Gasteiger partial charge in [-0.2, -0.15) is 0 Å². The molecule has 0 bridgehead atoms. The van der Waals surface area contributed by atoms with Gasteiger partial charge in [0.15, 0.2) is 0 Å². The molecular weight excluding hydrogens is 363 g/mol. The van der Waals surface area contributed by atoms with Gasteiger partial charge in [0, 0.05) is 43.6 Å². The van der Waals surface area contributed by atoms with E-state index in [1.165, 1.54) is 4.90 Å². The van der Waals surface area contributed by atoms with Crippen LogP contribution in [0, 0.1) is 7.05 Å². The summed E-state index contributed by atoms with van der Waals surface area (Å²) in [5.41, 5.74) is 2.12. The minimum atomic E-state index is -0.624. The molecule has 0 spiro atoms. The second kappa shape index (κ2) is 7.71. The zero-order valence-corrected chi connectivity index (χ0v) is 14.8. The second-order valence-electron chi connectivity index (χ2n) is 5.75. The van der Waals surface area contributed by atoms with Crippen molar-refractivity contribution < 1.29 is 37.7 Å². The van der Waals surface area contributed by atoms with Crippen molar-refractivity contribution in [1.29, 1.82) is 0 Å². The van der Waals surface area contributed by atoms with Crippen LogP contribution in [0.25, 0.3) is 0 Å². The molecule has 0 aromatic heterocycles. The van der Waals surface area contributed by atoms with Gasteiger partial charge in [0.1, 0.15) is 6.04 Å². The zero-order chi connectivity index (χ0) is 17.3. The summed E-state index contributed by atoms with van der Waals surface area (Å²) in [5.74, 6) is -0.971. The topological polar surface area (TPSA) is 108 Å². The van der Waals surface area contributed by atoms with Gasteiger partial charge < -0.3 is 15.5 Å². The van der Waals surface area contributed by atoms with Gasteiger partial charge in [0.25, 0.3) is 11.9 Å². The van der Waals surface area contributed by atoms with E-state index in [4.69, 9.17) is 0 Å². The van der Waals surface area contributed by atoms with Crippen LogP contribution < -0.4 is 16.0 Å². The molecule has 25 heavy (non-hydrogen) atoms. The number of nitrogens with one attached hydrogen (secondary N) is 3. The maximum absolute atomic E-state index is 12.6. The minimum absolute atomic E-state index is 0. The van der Waals surface area contributed by atoms with E-state index in [2.05, 4.69) is 23.0 Å². The Balaban J connectivity index is 0.00000225. The van der Waals surface area contributed by atoms with E-state index in [9.17, 15) is 19.2 Å². The number of rotatable bonds is 3. The molecule has 9 heteroatoms. The van der Waals surface area contributed by atoms with Crippen LogP contribution in [-0.4, -0.2) is 34.7 Å². The Bertz CT molecular complexity index is 737. The van der Waals surface area contributed by atoms with E-state index in [0.29, 0.717) is 18.5 Å². The average Bonchev–Trinajstić information content (AvgIpc) is 2.89. The third-order valence-corrected chi connectivity index (χ3v) is 4.21. The molecule has 2 heterocycles. The summed E-state index contributed by atoms with van der Waals surface area (Å²) in [6, 6.07) is 4.32. The molecule has 8 nitrogen and oxygen atoms in total. The molecule has 1 fully saturated rings. The first-order valence-corrected chi connectivity index (χ1v) is 7.57. The number of piperidine rings is 1. The van der Waals surface area contributed by atoms with Gasteiger partial charge in [-0.15, -0.1) is 0 Å². The van der Waals surface area contributed by atoms with Crippen LogP contribution in [0.2, 0.25) is 0 Å². The fourth-order valence-electron chi connectivity index (χ4n) is 2.96. The summed E-state index contributed by atoms with van der Waals surface area (Å²) in [7, 11) is 3.26. The molecule has 1 atom stereocenters. The van der Waals surface area contributed by atoms with Gasteiger partial charge in [-0.1, -0.05) is 12.1 Å². The summed E-state index contributed by atoms with van der Waals surface area (Å²) < 4.78 is 0. The Morgan fingerprint density at radius 3 is 2.76 bits per heavy atom. The van der Waals surface area contributed by atoms with Crippen LogP contribution >= 0.6 is 0 Å². The second-order valence-corrected chi connectivity index (χ2v) is 5.75. The van der Waals surface area contributed by atoms with Gasteiger partial charge in [-0.25, -0.2) is 0 Å². The summed E-state index contributed by atoms with van der Waals surface area (Å²) in [6.07, 6.45) is 0.564. The number of amides is 5. The number of hydrogen-bond donors (Lipinski definition) is 3. The molecule has 0 saturated carbocycles. The van der Waals surface area contributed by atoms with Gasteiger partial charge in [0.2, 0.25) is 11.8 Å². The molecule has 1 radical (unpaired) electrons. The minimum Gasteiger partial charge on any atom is -0.490 e. The number of nitrogens with zero attached hydrogens (tertiary/aromatic N) is 1. The molecule has 1 saturated heterocycles. The van der Waals surface area contributed by atoms with Crippen molar-refractivity contribution in [3.8, 4) is 0 Å². The van der Waals surface area contributed by atoms with Crippen LogP contribution in [0.3, 0.4) is 0 Å². The molecule has 2 aliphatic rings. The summed E-state index contributed by atoms with van der Waals surface area (Å²) in [6.45, 7) is 0.605. The fourth-order valence-corrected chi connectivity index (χ4v) is 2.96. The number of imide groups is 1. The Morgan fingerprint density at radius 1 is 1.32 bits per heavy atom.